The Hall–Kier alpha value is -0.120. The van der Waals surface area contributed by atoms with Crippen LogP contribution in [0, 0.1) is 6.92 Å². The topological polar surface area (TPSA) is 45.8 Å². The summed E-state index contributed by atoms with van der Waals surface area (Å²) < 4.78 is 0. The van der Waals surface area contributed by atoms with Crippen molar-refractivity contribution in [3.8, 4) is 0 Å². The van der Waals surface area contributed by atoms with E-state index in [0.717, 1.165) is 0 Å². The Morgan fingerprint density at radius 2 is 2.33 bits per heavy atom. The molecule has 0 unspecified atom stereocenters. The molecule has 0 saturated carbocycles. The van der Waals surface area contributed by atoms with E-state index in [9.17, 15) is 4.79 Å². The van der Waals surface area contributed by atoms with E-state index >= 15 is 0 Å². The standard InChI is InChI=1S/C5H6N2O.Na/c1-4-5(8)7-3-2-6-4;/h2-3H,1H3,(H,7,8);. The summed E-state index contributed by atoms with van der Waals surface area (Å²) >= 11 is 0. The van der Waals surface area contributed by atoms with Crippen LogP contribution in [0.3, 0.4) is 0 Å². The fraction of sp³-hybridized carbons (Fsp3) is 0.200. The predicted molar refractivity (Wildman–Crippen MR) is 35.3 cm³/mol. The van der Waals surface area contributed by atoms with E-state index in [2.05, 4.69) is 9.97 Å². The number of H-pyrrole nitrogens is 1. The molecular weight excluding hydrogens is 127 g/mol. The molecule has 0 fully saturated rings. The van der Waals surface area contributed by atoms with Gasteiger partial charge in [-0.25, -0.2) is 0 Å². The number of hydrogen-bond donors (Lipinski definition) is 1. The van der Waals surface area contributed by atoms with Crippen molar-refractivity contribution >= 4 is 29.6 Å². The van der Waals surface area contributed by atoms with Crippen LogP contribution in [0.15, 0.2) is 17.2 Å². The first-order valence-corrected chi connectivity index (χ1v) is 2.31. The second-order valence-corrected chi connectivity index (χ2v) is 1.50. The van der Waals surface area contributed by atoms with Gasteiger partial charge in [0.2, 0.25) is 0 Å². The van der Waals surface area contributed by atoms with Crippen LogP contribution in [0.1, 0.15) is 5.69 Å². The smallest absolute Gasteiger partial charge is 0.269 e. The number of aryl methyl sites for hydroxylation is 1. The van der Waals surface area contributed by atoms with E-state index in [1.165, 1.54) is 6.20 Å². The maximum Gasteiger partial charge on any atom is 0.269 e. The van der Waals surface area contributed by atoms with Crippen molar-refractivity contribution in [1.29, 1.82) is 0 Å². The van der Waals surface area contributed by atoms with Crippen LogP contribution < -0.4 is 5.56 Å². The van der Waals surface area contributed by atoms with Gasteiger partial charge in [0.1, 0.15) is 5.69 Å². The van der Waals surface area contributed by atoms with Gasteiger partial charge in [-0.2, -0.15) is 0 Å². The SMILES string of the molecule is Cc1ncc[nH]c1=O.[Na]. The Kier molecular flexibility index (Phi) is 3.77. The summed E-state index contributed by atoms with van der Waals surface area (Å²) in [6.07, 6.45) is 3.06. The number of rotatable bonds is 0. The molecule has 1 N–H and O–H groups in total. The molecule has 4 heteroatoms. The number of aromatic nitrogens is 2. The van der Waals surface area contributed by atoms with Gasteiger partial charge in [0.25, 0.3) is 5.56 Å². The average Bonchev–Trinajstić information content (AvgIpc) is 1.77. The summed E-state index contributed by atoms with van der Waals surface area (Å²) in [5.41, 5.74) is 0.389. The maximum atomic E-state index is 10.5. The molecule has 0 bridgehead atoms. The second kappa shape index (κ2) is 3.82. The normalized spacial score (nSPS) is 8.11. The zero-order valence-electron chi connectivity index (χ0n) is 5.51. The predicted octanol–water partition coefficient (Wildman–Crippen LogP) is -0.302. The van der Waals surface area contributed by atoms with Crippen LogP contribution in [0.5, 0.6) is 0 Å². The van der Waals surface area contributed by atoms with Gasteiger partial charge < -0.3 is 4.98 Å². The number of hydrogen-bond acceptors (Lipinski definition) is 2. The molecule has 43 valence electrons. The molecule has 0 saturated heterocycles. The number of nitrogens with zero attached hydrogens (tertiary/aromatic N) is 1. The van der Waals surface area contributed by atoms with Gasteiger partial charge in [0.05, 0.1) is 0 Å². The molecule has 1 rings (SSSR count). The molecule has 0 atom stereocenters. The van der Waals surface area contributed by atoms with E-state index in [1.807, 2.05) is 0 Å². The van der Waals surface area contributed by atoms with Crippen molar-refractivity contribution in [3.63, 3.8) is 0 Å². The minimum Gasteiger partial charge on any atom is -0.326 e. The largest absolute Gasteiger partial charge is 0.326 e. The summed E-state index contributed by atoms with van der Waals surface area (Å²) in [6, 6.07) is 0. The molecule has 3 nitrogen and oxygen atoms in total. The first-order chi connectivity index (χ1) is 3.80. The monoisotopic (exact) mass is 133 g/mol. The fourth-order valence-electron chi connectivity index (χ4n) is 0.425. The van der Waals surface area contributed by atoms with Crippen LogP contribution >= 0.6 is 0 Å². The Morgan fingerprint density at radius 3 is 2.67 bits per heavy atom. The molecule has 1 aromatic rings. The third kappa shape index (κ3) is 2.30. The molecule has 0 amide bonds. The van der Waals surface area contributed by atoms with Gasteiger partial charge in [-0.3, -0.25) is 9.78 Å². The van der Waals surface area contributed by atoms with Gasteiger partial charge in [-0.05, 0) is 6.92 Å². The zero-order chi connectivity index (χ0) is 5.98. The van der Waals surface area contributed by atoms with Gasteiger partial charge in [0, 0.05) is 42.0 Å². The van der Waals surface area contributed by atoms with E-state index in [4.69, 9.17) is 0 Å². The number of nitrogens with one attached hydrogen (secondary N) is 1. The van der Waals surface area contributed by atoms with Crippen LogP contribution in [-0.4, -0.2) is 39.5 Å². The molecule has 0 aliphatic heterocycles. The Morgan fingerprint density at radius 1 is 1.67 bits per heavy atom. The Balaban J connectivity index is 0.000000640. The summed E-state index contributed by atoms with van der Waals surface area (Å²) in [5, 5.41) is 0. The van der Waals surface area contributed by atoms with Crippen LogP contribution in [0.2, 0.25) is 0 Å². The van der Waals surface area contributed by atoms with Crippen molar-refractivity contribution in [2.45, 2.75) is 6.92 Å². The summed E-state index contributed by atoms with van der Waals surface area (Å²) in [5.74, 6) is 0. The van der Waals surface area contributed by atoms with Crippen molar-refractivity contribution in [3.05, 3.63) is 28.4 Å². The molecular formula is C5H6N2NaO. The van der Waals surface area contributed by atoms with Gasteiger partial charge in [0.15, 0.2) is 0 Å². The van der Waals surface area contributed by atoms with E-state index < -0.39 is 0 Å². The quantitative estimate of drug-likeness (QED) is 0.494. The van der Waals surface area contributed by atoms with E-state index in [1.54, 1.807) is 13.1 Å². The van der Waals surface area contributed by atoms with Crippen molar-refractivity contribution < 1.29 is 0 Å². The Labute approximate surface area is 74.8 Å². The molecule has 0 aliphatic carbocycles. The molecule has 0 aliphatic rings. The second-order valence-electron chi connectivity index (χ2n) is 1.50. The molecule has 1 aromatic heterocycles. The zero-order valence-corrected chi connectivity index (χ0v) is 7.51. The maximum absolute atomic E-state index is 10.5. The minimum atomic E-state index is -0.118. The first-order valence-electron chi connectivity index (χ1n) is 2.31. The third-order valence-electron chi connectivity index (χ3n) is 0.886. The average molecular weight is 133 g/mol. The van der Waals surface area contributed by atoms with Crippen molar-refractivity contribution in [2.24, 2.45) is 0 Å². The molecule has 0 aromatic carbocycles. The number of aromatic amines is 1. The van der Waals surface area contributed by atoms with Crippen molar-refractivity contribution in [2.75, 3.05) is 0 Å². The summed E-state index contributed by atoms with van der Waals surface area (Å²) in [4.78, 5) is 16.7. The van der Waals surface area contributed by atoms with E-state index in [-0.39, 0.29) is 35.1 Å². The van der Waals surface area contributed by atoms with Gasteiger partial charge >= 0.3 is 0 Å². The van der Waals surface area contributed by atoms with Crippen LogP contribution in [0.4, 0.5) is 0 Å². The molecule has 9 heavy (non-hydrogen) atoms. The first kappa shape index (κ1) is 8.88. The summed E-state index contributed by atoms with van der Waals surface area (Å²) in [7, 11) is 0. The molecule has 1 radical (unpaired) electrons. The molecule has 0 spiro atoms. The third-order valence-corrected chi connectivity index (χ3v) is 0.886. The summed E-state index contributed by atoms with van der Waals surface area (Å²) in [6.45, 7) is 1.67. The van der Waals surface area contributed by atoms with Crippen LogP contribution in [0.25, 0.3) is 0 Å². The van der Waals surface area contributed by atoms with Gasteiger partial charge in [-0.15, -0.1) is 0 Å². The minimum absolute atomic E-state index is 0. The Bertz CT molecular complexity index is 232. The van der Waals surface area contributed by atoms with Gasteiger partial charge in [-0.1, -0.05) is 0 Å². The van der Waals surface area contributed by atoms with Crippen molar-refractivity contribution in [1.82, 2.24) is 9.97 Å². The van der Waals surface area contributed by atoms with E-state index in [0.29, 0.717) is 5.69 Å². The van der Waals surface area contributed by atoms with Crippen LogP contribution in [-0.2, 0) is 0 Å². The fourth-order valence-corrected chi connectivity index (χ4v) is 0.425. The molecule has 1 heterocycles.